The summed E-state index contributed by atoms with van der Waals surface area (Å²) in [7, 11) is 0. The minimum absolute atomic E-state index is 0.0236. The lowest BCUT2D eigenvalue weighted by molar-refractivity contribution is -0.951. The lowest BCUT2D eigenvalue weighted by Gasteiger charge is -2.33. The van der Waals surface area contributed by atoms with E-state index in [2.05, 4.69) is 5.43 Å². The Kier molecular flexibility index (Phi) is 4.57. The summed E-state index contributed by atoms with van der Waals surface area (Å²) in [6.45, 7) is 5.47. The highest BCUT2D eigenvalue weighted by molar-refractivity contribution is 8.00. The summed E-state index contributed by atoms with van der Waals surface area (Å²) in [5, 5.41) is 21.0. The van der Waals surface area contributed by atoms with E-state index in [9.17, 15) is 15.0 Å². The molecule has 20 heavy (non-hydrogen) atoms. The molecule has 0 aromatic heterocycles. The van der Waals surface area contributed by atoms with Crippen LogP contribution in [-0.4, -0.2) is 46.8 Å². The van der Waals surface area contributed by atoms with Crippen LogP contribution in [0.3, 0.4) is 0 Å². The number of carboxylic acid groups (broad SMARTS) is 1. The molecule has 0 bridgehead atoms. The summed E-state index contributed by atoms with van der Waals surface area (Å²) < 4.78 is 0.160. The standard InChI is InChI=1S/C14H20N2O3S/c1-3-16(15-14(18)19)8-12(17)13(9-16)20-11-6-4-10(2)5-7-11/h4-7,12-13,15,17H,3,8-9H2,1-2H3/t12-,13?,16-/m0/s1. The van der Waals surface area contributed by atoms with Gasteiger partial charge in [-0.05, 0) is 26.0 Å². The van der Waals surface area contributed by atoms with Gasteiger partial charge in [0.15, 0.2) is 6.09 Å². The van der Waals surface area contributed by atoms with Crippen molar-refractivity contribution < 1.29 is 19.6 Å². The van der Waals surface area contributed by atoms with E-state index in [0.29, 0.717) is 19.6 Å². The van der Waals surface area contributed by atoms with Crippen molar-refractivity contribution in [2.45, 2.75) is 30.1 Å². The Labute approximate surface area is 123 Å². The van der Waals surface area contributed by atoms with Crippen LogP contribution < -0.4 is 10.5 Å². The Hall–Kier alpha value is -1.24. The second-order valence-corrected chi connectivity index (χ2v) is 6.58. The molecule has 0 radical (unpaired) electrons. The van der Waals surface area contributed by atoms with E-state index in [1.807, 2.05) is 38.1 Å². The molecule has 1 unspecified atom stereocenters. The Morgan fingerprint density at radius 3 is 2.65 bits per heavy atom. The predicted octanol–water partition coefficient (Wildman–Crippen LogP) is 0.515. The van der Waals surface area contributed by atoms with Crippen LogP contribution in [0.1, 0.15) is 12.5 Å². The number of aliphatic hydroxyl groups is 1. The normalized spacial score (nSPS) is 29.4. The maximum absolute atomic E-state index is 10.8. The molecule has 1 saturated heterocycles. The van der Waals surface area contributed by atoms with Crippen LogP contribution in [0.15, 0.2) is 29.2 Å². The molecule has 1 heterocycles. The maximum atomic E-state index is 10.8. The fourth-order valence-corrected chi connectivity index (χ4v) is 3.79. The predicted molar refractivity (Wildman–Crippen MR) is 75.9 cm³/mol. The molecular formula is C14H20N2O3S. The summed E-state index contributed by atoms with van der Waals surface area (Å²) in [6.07, 6.45) is -1.83. The summed E-state index contributed by atoms with van der Waals surface area (Å²) in [5.74, 6) is 0. The molecule has 1 aromatic carbocycles. The third-order valence-corrected chi connectivity index (χ3v) is 5.05. The van der Waals surface area contributed by atoms with Gasteiger partial charge in [0.25, 0.3) is 0 Å². The number of nitrogens with one attached hydrogen (secondary N) is 1. The second kappa shape index (κ2) is 6.03. The number of nitrogens with zero attached hydrogens (tertiary/aromatic N) is 1. The van der Waals surface area contributed by atoms with Gasteiger partial charge in [0.1, 0.15) is 19.2 Å². The van der Waals surface area contributed by atoms with Gasteiger partial charge < -0.3 is 15.0 Å². The number of benzene rings is 1. The number of rotatable bonds is 4. The van der Waals surface area contributed by atoms with Crippen LogP contribution in [0, 0.1) is 6.92 Å². The molecule has 5 nitrogen and oxygen atoms in total. The van der Waals surface area contributed by atoms with Crippen molar-refractivity contribution >= 4 is 17.9 Å². The van der Waals surface area contributed by atoms with E-state index >= 15 is 0 Å². The van der Waals surface area contributed by atoms with Crippen molar-refractivity contribution in [2.24, 2.45) is 0 Å². The van der Waals surface area contributed by atoms with Gasteiger partial charge in [-0.25, -0.2) is 10.0 Å². The van der Waals surface area contributed by atoms with Crippen molar-refractivity contribution in [3.8, 4) is 0 Å². The van der Waals surface area contributed by atoms with E-state index in [4.69, 9.17) is 0 Å². The Bertz CT molecular complexity index is 480. The highest BCUT2D eigenvalue weighted by Gasteiger charge is 2.45. The van der Waals surface area contributed by atoms with Crippen molar-refractivity contribution in [1.82, 2.24) is 5.43 Å². The van der Waals surface area contributed by atoms with Crippen molar-refractivity contribution in [3.63, 3.8) is 0 Å². The fourth-order valence-electron chi connectivity index (χ4n) is 2.55. The zero-order valence-corrected chi connectivity index (χ0v) is 12.5. The molecule has 2 rings (SSSR count). The molecule has 110 valence electrons. The van der Waals surface area contributed by atoms with Crippen LogP contribution in [0.5, 0.6) is 0 Å². The van der Waals surface area contributed by atoms with E-state index in [0.717, 1.165) is 4.90 Å². The zero-order valence-electron chi connectivity index (χ0n) is 11.7. The van der Waals surface area contributed by atoms with Gasteiger partial charge in [0.2, 0.25) is 0 Å². The molecule has 1 aliphatic heterocycles. The number of aryl methyl sites for hydroxylation is 1. The average molecular weight is 296 g/mol. The Morgan fingerprint density at radius 2 is 2.10 bits per heavy atom. The van der Waals surface area contributed by atoms with Crippen molar-refractivity contribution in [2.75, 3.05) is 19.6 Å². The first-order valence-corrected chi connectivity index (χ1v) is 7.59. The molecule has 0 aliphatic carbocycles. The molecule has 1 aliphatic rings. The number of hydrogen-bond donors (Lipinski definition) is 2. The summed E-state index contributed by atoms with van der Waals surface area (Å²) in [4.78, 5) is 11.9. The summed E-state index contributed by atoms with van der Waals surface area (Å²) in [5.41, 5.74) is 3.62. The number of carbonyl (C=O) groups excluding carboxylic acids is 1. The van der Waals surface area contributed by atoms with Gasteiger partial charge in [-0.3, -0.25) is 0 Å². The van der Waals surface area contributed by atoms with Crippen LogP contribution in [-0.2, 0) is 0 Å². The van der Waals surface area contributed by atoms with Crippen LogP contribution in [0.4, 0.5) is 4.79 Å². The third-order valence-electron chi connectivity index (χ3n) is 3.74. The van der Waals surface area contributed by atoms with Gasteiger partial charge in [0.05, 0.1) is 11.8 Å². The molecule has 1 aromatic rings. The smallest absolute Gasteiger partial charge is 0.185 e. The van der Waals surface area contributed by atoms with Gasteiger partial charge in [-0.1, -0.05) is 17.7 Å². The minimum atomic E-state index is -1.29. The van der Waals surface area contributed by atoms with Gasteiger partial charge >= 0.3 is 0 Å². The SMILES string of the molecule is CC[N@@+]1(NC(=O)[O-])CC(Sc2ccc(C)cc2)[C@@H](O)C1. The number of thioether (sulfide) groups is 1. The molecule has 1 amide bonds. The van der Waals surface area contributed by atoms with E-state index in [-0.39, 0.29) is 9.84 Å². The first-order valence-electron chi connectivity index (χ1n) is 6.71. The highest BCUT2D eigenvalue weighted by atomic mass is 32.2. The molecular weight excluding hydrogens is 276 g/mol. The van der Waals surface area contributed by atoms with Gasteiger partial charge in [-0.2, -0.15) is 0 Å². The second-order valence-electron chi connectivity index (χ2n) is 5.26. The summed E-state index contributed by atoms with van der Waals surface area (Å²) >= 11 is 1.59. The number of likely N-dealkylation sites (N-methyl/N-ethyl adjacent to an activating group) is 1. The lowest BCUT2D eigenvalue weighted by atomic mass is 10.2. The minimum Gasteiger partial charge on any atom is -0.526 e. The number of hydrogen-bond acceptors (Lipinski definition) is 4. The quantitative estimate of drug-likeness (QED) is 0.794. The Morgan fingerprint density at radius 1 is 1.45 bits per heavy atom. The topological polar surface area (TPSA) is 72.4 Å². The number of quaternary nitrogens is 1. The molecule has 3 atom stereocenters. The monoisotopic (exact) mass is 296 g/mol. The van der Waals surface area contributed by atoms with E-state index in [1.54, 1.807) is 11.8 Å². The van der Waals surface area contributed by atoms with Crippen LogP contribution in [0.25, 0.3) is 0 Å². The lowest BCUT2D eigenvalue weighted by Crippen LogP contribution is -2.62. The largest absolute Gasteiger partial charge is 0.526 e. The summed E-state index contributed by atoms with van der Waals surface area (Å²) in [6, 6.07) is 8.12. The molecule has 0 saturated carbocycles. The van der Waals surface area contributed by atoms with E-state index < -0.39 is 12.2 Å². The maximum Gasteiger partial charge on any atom is 0.185 e. The molecule has 0 spiro atoms. The number of carbonyl (C=O) groups is 1. The third kappa shape index (κ3) is 3.45. The molecule has 6 heteroatoms. The van der Waals surface area contributed by atoms with Crippen molar-refractivity contribution in [3.05, 3.63) is 29.8 Å². The average Bonchev–Trinajstić information content (AvgIpc) is 2.68. The fraction of sp³-hybridized carbons (Fsp3) is 0.500. The molecule has 2 N–H and O–H groups in total. The van der Waals surface area contributed by atoms with E-state index in [1.165, 1.54) is 5.56 Å². The first kappa shape index (κ1) is 15.2. The Balaban J connectivity index is 2.06. The zero-order chi connectivity index (χ0) is 14.8. The number of aliphatic hydroxyl groups excluding tert-OH is 1. The highest BCUT2D eigenvalue weighted by Crippen LogP contribution is 2.32. The van der Waals surface area contributed by atoms with Gasteiger partial charge in [0, 0.05) is 4.90 Å². The van der Waals surface area contributed by atoms with Gasteiger partial charge in [-0.15, -0.1) is 11.8 Å². The molecule has 1 fully saturated rings. The van der Waals surface area contributed by atoms with Crippen molar-refractivity contribution in [1.29, 1.82) is 0 Å². The number of amides is 1. The number of likely N-dealkylation sites (tertiary alicyclic amines) is 1. The van der Waals surface area contributed by atoms with Crippen LogP contribution in [0.2, 0.25) is 0 Å². The first-order chi connectivity index (χ1) is 9.44. The van der Waals surface area contributed by atoms with Crippen LogP contribution >= 0.6 is 11.8 Å².